The lowest BCUT2D eigenvalue weighted by Crippen LogP contribution is -1.95. The number of rotatable bonds is 1. The number of H-pyrrole nitrogens is 1. The zero-order valence-corrected chi connectivity index (χ0v) is 5.81. The van der Waals surface area contributed by atoms with E-state index in [1.54, 1.807) is 0 Å². The number of carbonyl (C=O) groups excluding carboxylic acids is 1. The van der Waals surface area contributed by atoms with Gasteiger partial charge in [0, 0.05) is 0 Å². The molecule has 2 aromatic rings. The number of imidazole rings is 1. The number of fused-ring (bicyclic) bond motifs is 1. The highest BCUT2D eigenvalue weighted by molar-refractivity contribution is 5.87. The van der Waals surface area contributed by atoms with Gasteiger partial charge >= 0.3 is 5.97 Å². The Morgan fingerprint density at radius 2 is 2.33 bits per heavy atom. The zero-order chi connectivity index (χ0) is 8.55. The van der Waals surface area contributed by atoms with Crippen molar-refractivity contribution in [2.75, 3.05) is 0 Å². The summed E-state index contributed by atoms with van der Waals surface area (Å²) in [6, 6.07) is 0. The van der Waals surface area contributed by atoms with Crippen molar-refractivity contribution in [1.82, 2.24) is 19.9 Å². The lowest BCUT2D eigenvalue weighted by Gasteiger charge is -1.80. The van der Waals surface area contributed by atoms with Crippen LogP contribution in [0.15, 0.2) is 12.5 Å². The van der Waals surface area contributed by atoms with Crippen LogP contribution in [-0.4, -0.2) is 25.9 Å². The van der Waals surface area contributed by atoms with Crippen molar-refractivity contribution >= 4 is 17.1 Å². The smallest absolute Gasteiger partial charge is 0.330 e. The van der Waals surface area contributed by atoms with Gasteiger partial charge < -0.3 is 4.98 Å². The quantitative estimate of drug-likeness (QED) is 0.636. The highest BCUT2D eigenvalue weighted by atomic mass is 16.4. The first-order chi connectivity index (χ1) is 5.77. The monoisotopic (exact) mass is 163 g/mol. The molecule has 2 rings (SSSR count). The van der Waals surface area contributed by atoms with Gasteiger partial charge in [0.05, 0.1) is 6.20 Å². The summed E-state index contributed by atoms with van der Waals surface area (Å²) in [4.78, 5) is 23.9. The number of carbonyl (C=O) groups is 1. The fraction of sp³-hybridized carbons (Fsp3) is 0. The van der Waals surface area contributed by atoms with E-state index in [9.17, 15) is 9.90 Å². The SMILES string of the molecule is [O]C(=O)c1nc2ncncc2[nH]1. The molecule has 1 radical (unpaired) electrons. The molecular weight excluding hydrogens is 160 g/mol. The molecule has 2 aromatic heterocycles. The molecule has 0 fully saturated rings. The average Bonchev–Trinajstić information content (AvgIpc) is 2.46. The van der Waals surface area contributed by atoms with Crippen molar-refractivity contribution in [2.45, 2.75) is 0 Å². The number of hydrogen-bond donors (Lipinski definition) is 1. The molecule has 0 aliphatic rings. The Morgan fingerprint density at radius 1 is 1.50 bits per heavy atom. The fourth-order valence-corrected chi connectivity index (χ4v) is 0.859. The van der Waals surface area contributed by atoms with Crippen LogP contribution >= 0.6 is 0 Å². The van der Waals surface area contributed by atoms with Crippen LogP contribution in [0, 0.1) is 0 Å². The second-order valence-electron chi connectivity index (χ2n) is 2.13. The molecule has 0 saturated carbocycles. The third-order valence-electron chi connectivity index (χ3n) is 1.36. The van der Waals surface area contributed by atoms with E-state index >= 15 is 0 Å². The molecule has 0 aliphatic heterocycles. The van der Waals surface area contributed by atoms with Crippen molar-refractivity contribution in [1.29, 1.82) is 0 Å². The Hall–Kier alpha value is -1.98. The molecule has 6 heteroatoms. The van der Waals surface area contributed by atoms with E-state index < -0.39 is 5.97 Å². The minimum atomic E-state index is -1.35. The molecule has 59 valence electrons. The second-order valence-corrected chi connectivity index (χ2v) is 2.13. The van der Waals surface area contributed by atoms with Crippen molar-refractivity contribution < 1.29 is 9.90 Å². The number of nitrogens with one attached hydrogen (secondary N) is 1. The van der Waals surface area contributed by atoms with Crippen molar-refractivity contribution in [3.8, 4) is 0 Å². The number of aromatic amines is 1. The summed E-state index contributed by atoms with van der Waals surface area (Å²) in [7, 11) is 0. The van der Waals surface area contributed by atoms with Crippen LogP contribution in [0.5, 0.6) is 0 Å². The summed E-state index contributed by atoms with van der Waals surface area (Å²) >= 11 is 0. The molecule has 0 amide bonds. The molecule has 6 nitrogen and oxygen atoms in total. The van der Waals surface area contributed by atoms with E-state index in [1.807, 2.05) is 0 Å². The van der Waals surface area contributed by atoms with E-state index in [1.165, 1.54) is 12.5 Å². The highest BCUT2D eigenvalue weighted by Crippen LogP contribution is 2.05. The van der Waals surface area contributed by atoms with Crippen LogP contribution in [0.25, 0.3) is 11.2 Å². The molecule has 0 saturated heterocycles. The van der Waals surface area contributed by atoms with Gasteiger partial charge in [-0.05, 0) is 0 Å². The van der Waals surface area contributed by atoms with Crippen LogP contribution in [0.2, 0.25) is 0 Å². The Kier molecular flexibility index (Phi) is 1.26. The molecular formula is C6H3N4O2. The Labute approximate surface area is 66.3 Å². The maximum atomic E-state index is 10.3. The molecule has 0 atom stereocenters. The summed E-state index contributed by atoms with van der Waals surface area (Å²) in [5, 5.41) is 10.3. The standard InChI is InChI=1S/C6H3N4O2/c11-6(12)5-9-3-1-7-2-8-4(3)10-5/h1-2H,(H,7,8,9,10). The molecule has 1 N–H and O–H groups in total. The first-order valence-electron chi connectivity index (χ1n) is 3.14. The first kappa shape index (κ1) is 6.71. The minimum Gasteiger partial charge on any atom is -0.330 e. The summed E-state index contributed by atoms with van der Waals surface area (Å²) in [5.74, 6) is -1.58. The van der Waals surface area contributed by atoms with Gasteiger partial charge in [-0.3, -0.25) is 0 Å². The van der Waals surface area contributed by atoms with Gasteiger partial charge in [-0.25, -0.2) is 24.9 Å². The van der Waals surface area contributed by atoms with Crippen LogP contribution < -0.4 is 0 Å². The minimum absolute atomic E-state index is 0.231. The summed E-state index contributed by atoms with van der Waals surface area (Å²) in [5.41, 5.74) is 0.806. The van der Waals surface area contributed by atoms with Gasteiger partial charge in [0.25, 0.3) is 0 Å². The van der Waals surface area contributed by atoms with Gasteiger partial charge in [-0.1, -0.05) is 0 Å². The molecule has 12 heavy (non-hydrogen) atoms. The average molecular weight is 163 g/mol. The molecule has 0 aliphatic carbocycles. The number of nitrogens with zero attached hydrogens (tertiary/aromatic N) is 3. The van der Waals surface area contributed by atoms with Gasteiger partial charge in [-0.15, -0.1) is 0 Å². The van der Waals surface area contributed by atoms with Gasteiger partial charge in [0.15, 0.2) is 5.65 Å². The normalized spacial score (nSPS) is 10.3. The van der Waals surface area contributed by atoms with Gasteiger partial charge in [0.1, 0.15) is 11.8 Å². The molecule has 0 bridgehead atoms. The number of aromatic nitrogens is 4. The van der Waals surface area contributed by atoms with Gasteiger partial charge in [-0.2, -0.15) is 0 Å². The topological polar surface area (TPSA) is 91.4 Å². The number of hydrogen-bond acceptors (Lipinski definition) is 4. The van der Waals surface area contributed by atoms with Crippen molar-refractivity contribution in [3.05, 3.63) is 18.3 Å². The fourth-order valence-electron chi connectivity index (χ4n) is 0.859. The van der Waals surface area contributed by atoms with E-state index in [0.717, 1.165) is 0 Å². The summed E-state index contributed by atoms with van der Waals surface area (Å²) < 4.78 is 0. The van der Waals surface area contributed by atoms with E-state index in [2.05, 4.69) is 19.9 Å². The van der Waals surface area contributed by atoms with Crippen molar-refractivity contribution in [2.24, 2.45) is 0 Å². The molecule has 2 heterocycles. The lowest BCUT2D eigenvalue weighted by molar-refractivity contribution is 0.0560. The third-order valence-corrected chi connectivity index (χ3v) is 1.36. The van der Waals surface area contributed by atoms with E-state index in [-0.39, 0.29) is 5.82 Å². The molecule has 0 spiro atoms. The highest BCUT2D eigenvalue weighted by Gasteiger charge is 2.11. The Morgan fingerprint density at radius 3 is 3.00 bits per heavy atom. The van der Waals surface area contributed by atoms with Crippen LogP contribution in [0.1, 0.15) is 10.6 Å². The van der Waals surface area contributed by atoms with Crippen LogP contribution in [-0.2, 0) is 5.11 Å². The largest absolute Gasteiger partial charge is 0.421 e. The summed E-state index contributed by atoms with van der Waals surface area (Å²) in [6.07, 6.45) is 2.74. The summed E-state index contributed by atoms with van der Waals surface area (Å²) in [6.45, 7) is 0. The van der Waals surface area contributed by atoms with Crippen LogP contribution in [0.4, 0.5) is 0 Å². The van der Waals surface area contributed by atoms with E-state index in [4.69, 9.17) is 0 Å². The Balaban J connectivity index is 2.70. The van der Waals surface area contributed by atoms with Gasteiger partial charge in [0.2, 0.25) is 5.82 Å². The maximum Gasteiger partial charge on any atom is 0.421 e. The Bertz CT molecular complexity index is 403. The lowest BCUT2D eigenvalue weighted by atomic mass is 10.6. The predicted molar refractivity (Wildman–Crippen MR) is 36.7 cm³/mol. The maximum absolute atomic E-state index is 10.3. The predicted octanol–water partition coefficient (Wildman–Crippen LogP) is -0.0764. The van der Waals surface area contributed by atoms with Crippen molar-refractivity contribution in [3.63, 3.8) is 0 Å². The third kappa shape index (κ3) is 0.895. The van der Waals surface area contributed by atoms with E-state index in [0.29, 0.717) is 11.2 Å². The first-order valence-corrected chi connectivity index (χ1v) is 3.14. The molecule has 0 unspecified atom stereocenters. The molecule has 0 aromatic carbocycles. The van der Waals surface area contributed by atoms with Crippen LogP contribution in [0.3, 0.4) is 0 Å². The second kappa shape index (κ2) is 2.26. The zero-order valence-electron chi connectivity index (χ0n) is 5.81.